The third-order valence-corrected chi connectivity index (χ3v) is 4.16. The van der Waals surface area contributed by atoms with Crippen LogP contribution in [0.15, 0.2) is 30.3 Å². The van der Waals surface area contributed by atoms with Gasteiger partial charge in [-0.2, -0.15) is 5.10 Å². The van der Waals surface area contributed by atoms with Crippen molar-refractivity contribution in [3.05, 3.63) is 52.8 Å². The highest BCUT2D eigenvalue weighted by Gasteiger charge is 2.21. The third-order valence-electron chi connectivity index (χ3n) is 4.16. The lowest BCUT2D eigenvalue weighted by atomic mass is 10.2. The van der Waals surface area contributed by atoms with Gasteiger partial charge in [-0.15, -0.1) is 0 Å². The van der Waals surface area contributed by atoms with Gasteiger partial charge in [0.25, 0.3) is 5.91 Å². The molecule has 1 aromatic carbocycles. The van der Waals surface area contributed by atoms with Crippen molar-refractivity contribution in [1.29, 1.82) is 0 Å². The van der Waals surface area contributed by atoms with E-state index in [2.05, 4.69) is 15.7 Å². The maximum absolute atomic E-state index is 12.4. The van der Waals surface area contributed by atoms with Gasteiger partial charge >= 0.3 is 12.0 Å². The molecule has 0 aliphatic carbocycles. The number of unbranched alkanes of at least 4 members (excludes halogenated alkanes) is 1. The van der Waals surface area contributed by atoms with E-state index in [1.54, 1.807) is 18.5 Å². The molecule has 0 aliphatic rings. The number of nitrogens with one attached hydrogen (secondary N) is 2. The Labute approximate surface area is 164 Å². The number of carbonyl (C=O) groups is 3. The molecule has 2 aromatic rings. The fourth-order valence-corrected chi connectivity index (χ4v) is 2.69. The summed E-state index contributed by atoms with van der Waals surface area (Å²) in [5, 5.41) is 9.07. The summed E-state index contributed by atoms with van der Waals surface area (Å²) in [6.45, 7) is 5.96. The second-order valence-corrected chi connectivity index (χ2v) is 6.42. The molecule has 150 valence electrons. The molecule has 3 amide bonds. The number of benzene rings is 1. The zero-order valence-electron chi connectivity index (χ0n) is 16.4. The number of nitrogens with zero attached hydrogens (tertiary/aromatic N) is 2. The van der Waals surface area contributed by atoms with Crippen LogP contribution in [-0.2, 0) is 16.1 Å². The highest BCUT2D eigenvalue weighted by molar-refractivity contribution is 5.97. The minimum atomic E-state index is -0.686. The first-order valence-electron chi connectivity index (χ1n) is 9.25. The number of aryl methyl sites for hydroxylation is 1. The van der Waals surface area contributed by atoms with Crippen LogP contribution in [-0.4, -0.2) is 40.8 Å². The lowest BCUT2D eigenvalue weighted by Crippen LogP contribution is -2.41. The van der Waals surface area contributed by atoms with Gasteiger partial charge in [0.1, 0.15) is 5.56 Å². The Morgan fingerprint density at radius 3 is 2.54 bits per heavy atom. The topological polar surface area (TPSA) is 102 Å². The van der Waals surface area contributed by atoms with Crippen LogP contribution in [0.2, 0.25) is 0 Å². The summed E-state index contributed by atoms with van der Waals surface area (Å²) in [6.07, 6.45) is 1.75. The van der Waals surface area contributed by atoms with E-state index in [4.69, 9.17) is 4.74 Å². The fraction of sp³-hybridized carbons (Fsp3) is 0.400. The van der Waals surface area contributed by atoms with Crippen LogP contribution >= 0.6 is 0 Å². The van der Waals surface area contributed by atoms with Gasteiger partial charge in [0, 0.05) is 6.54 Å². The number of hydrogen-bond donors (Lipinski definition) is 2. The molecule has 2 N–H and O–H groups in total. The van der Waals surface area contributed by atoms with Gasteiger partial charge in [0.15, 0.2) is 6.61 Å². The molecule has 8 nitrogen and oxygen atoms in total. The van der Waals surface area contributed by atoms with Crippen molar-refractivity contribution in [3.63, 3.8) is 0 Å². The first kappa shape index (κ1) is 21.1. The average Bonchev–Trinajstić information content (AvgIpc) is 2.94. The van der Waals surface area contributed by atoms with E-state index in [1.807, 2.05) is 37.3 Å². The van der Waals surface area contributed by atoms with Crippen molar-refractivity contribution < 1.29 is 19.1 Å². The van der Waals surface area contributed by atoms with Crippen molar-refractivity contribution >= 4 is 17.9 Å². The zero-order valence-corrected chi connectivity index (χ0v) is 16.4. The maximum Gasteiger partial charge on any atom is 0.342 e. The van der Waals surface area contributed by atoms with Crippen LogP contribution in [0.5, 0.6) is 0 Å². The van der Waals surface area contributed by atoms with Gasteiger partial charge in [-0.25, -0.2) is 9.59 Å². The largest absolute Gasteiger partial charge is 0.452 e. The Morgan fingerprint density at radius 1 is 1.14 bits per heavy atom. The van der Waals surface area contributed by atoms with Gasteiger partial charge in [-0.05, 0) is 25.8 Å². The molecule has 0 saturated carbocycles. The Morgan fingerprint density at radius 2 is 1.86 bits per heavy atom. The van der Waals surface area contributed by atoms with Crippen LogP contribution in [0.1, 0.15) is 47.1 Å². The van der Waals surface area contributed by atoms with Crippen LogP contribution in [0, 0.1) is 13.8 Å². The molecule has 2 rings (SSSR count). The number of imide groups is 1. The molecule has 0 aliphatic heterocycles. The highest BCUT2D eigenvalue weighted by atomic mass is 16.5. The number of hydrogen-bond acceptors (Lipinski definition) is 5. The first-order chi connectivity index (χ1) is 13.4. The molecule has 0 unspecified atom stereocenters. The van der Waals surface area contributed by atoms with Crippen molar-refractivity contribution in [1.82, 2.24) is 20.4 Å². The monoisotopic (exact) mass is 386 g/mol. The molecule has 28 heavy (non-hydrogen) atoms. The molecule has 0 saturated heterocycles. The van der Waals surface area contributed by atoms with Gasteiger partial charge < -0.3 is 10.1 Å². The maximum atomic E-state index is 12.4. The number of ether oxygens (including phenoxy) is 1. The lowest BCUT2D eigenvalue weighted by Gasteiger charge is -2.08. The summed E-state index contributed by atoms with van der Waals surface area (Å²) in [5.74, 6) is -1.33. The fourth-order valence-electron chi connectivity index (χ4n) is 2.69. The third kappa shape index (κ3) is 5.94. The molecular weight excluding hydrogens is 360 g/mol. The molecule has 0 fully saturated rings. The molecule has 1 aromatic heterocycles. The van der Waals surface area contributed by atoms with Gasteiger partial charge in [0.05, 0.1) is 17.9 Å². The molecule has 0 bridgehead atoms. The number of rotatable bonds is 8. The van der Waals surface area contributed by atoms with E-state index >= 15 is 0 Å². The van der Waals surface area contributed by atoms with E-state index in [9.17, 15) is 14.4 Å². The molecule has 1 heterocycles. The minimum Gasteiger partial charge on any atom is -0.452 e. The Hall–Kier alpha value is -3.16. The van der Waals surface area contributed by atoms with Crippen molar-refractivity contribution in [2.45, 2.75) is 40.2 Å². The summed E-state index contributed by atoms with van der Waals surface area (Å²) in [7, 11) is 0. The number of urea groups is 1. The highest BCUT2D eigenvalue weighted by Crippen LogP contribution is 2.16. The number of aromatic nitrogens is 2. The zero-order chi connectivity index (χ0) is 20.5. The summed E-state index contributed by atoms with van der Waals surface area (Å²) in [6, 6.07) is 9.16. The van der Waals surface area contributed by atoms with Gasteiger partial charge in [0.2, 0.25) is 0 Å². The van der Waals surface area contributed by atoms with Crippen LogP contribution in [0.25, 0.3) is 0 Å². The van der Waals surface area contributed by atoms with E-state index in [0.29, 0.717) is 30.0 Å². The van der Waals surface area contributed by atoms with Crippen LogP contribution in [0.4, 0.5) is 4.79 Å². The summed E-state index contributed by atoms with van der Waals surface area (Å²) in [5.41, 5.74) is 2.57. The lowest BCUT2D eigenvalue weighted by molar-refractivity contribution is -0.123. The smallest absolute Gasteiger partial charge is 0.342 e. The first-order valence-corrected chi connectivity index (χ1v) is 9.25. The average molecular weight is 386 g/mol. The van der Waals surface area contributed by atoms with Crippen LogP contribution < -0.4 is 10.6 Å². The molecule has 0 spiro atoms. The van der Waals surface area contributed by atoms with Crippen LogP contribution in [0.3, 0.4) is 0 Å². The molecule has 8 heteroatoms. The van der Waals surface area contributed by atoms with Crippen molar-refractivity contribution in [2.75, 3.05) is 13.2 Å². The summed E-state index contributed by atoms with van der Waals surface area (Å²) < 4.78 is 6.78. The summed E-state index contributed by atoms with van der Waals surface area (Å²) >= 11 is 0. The Bertz CT molecular complexity index is 830. The number of amides is 3. The normalized spacial score (nSPS) is 10.4. The van der Waals surface area contributed by atoms with Gasteiger partial charge in [-0.3, -0.25) is 14.8 Å². The SMILES string of the molecule is CCCCNC(=O)NC(=O)COC(=O)c1c(C)nn(Cc2ccccc2)c1C. The van der Waals surface area contributed by atoms with E-state index in [1.165, 1.54) is 0 Å². The quantitative estimate of drug-likeness (QED) is 0.535. The van der Waals surface area contributed by atoms with Crippen molar-refractivity contribution in [2.24, 2.45) is 0 Å². The second kappa shape index (κ2) is 10.2. The Kier molecular flexibility index (Phi) is 7.74. The number of esters is 1. The van der Waals surface area contributed by atoms with E-state index < -0.39 is 24.5 Å². The second-order valence-electron chi connectivity index (χ2n) is 6.42. The predicted octanol–water partition coefficient (Wildman–Crippen LogP) is 2.33. The molecular formula is C20H26N4O4. The molecule has 0 radical (unpaired) electrons. The minimum absolute atomic E-state index is 0.330. The standard InChI is InChI=1S/C20H26N4O4/c1-4-5-11-21-20(27)22-17(25)13-28-19(26)18-14(2)23-24(15(18)3)12-16-9-7-6-8-10-16/h6-10H,4-5,11-13H2,1-3H3,(H2,21,22,25,27). The van der Waals surface area contributed by atoms with Gasteiger partial charge in [-0.1, -0.05) is 43.7 Å². The van der Waals surface area contributed by atoms with Crippen molar-refractivity contribution in [3.8, 4) is 0 Å². The van der Waals surface area contributed by atoms with E-state index in [-0.39, 0.29) is 0 Å². The summed E-state index contributed by atoms with van der Waals surface area (Å²) in [4.78, 5) is 35.7. The molecule has 0 atom stereocenters. The van der Waals surface area contributed by atoms with E-state index in [0.717, 1.165) is 18.4 Å². The number of carbonyl (C=O) groups excluding carboxylic acids is 3. The Balaban J connectivity index is 1.92. The predicted molar refractivity (Wildman–Crippen MR) is 104 cm³/mol.